The smallest absolute Gasteiger partial charge is 0.328 e. The zero-order valence-electron chi connectivity index (χ0n) is 17.4. The highest BCUT2D eigenvalue weighted by Gasteiger charge is 2.26. The molecule has 0 aliphatic carbocycles. The Balaban J connectivity index is 1.62. The average molecular weight is 400 g/mol. The van der Waals surface area contributed by atoms with Crippen LogP contribution in [0.1, 0.15) is 71.1 Å². The zero-order chi connectivity index (χ0) is 20.9. The van der Waals surface area contributed by atoms with Gasteiger partial charge in [0.05, 0.1) is 0 Å². The van der Waals surface area contributed by atoms with E-state index in [4.69, 9.17) is 0 Å². The highest BCUT2D eigenvalue weighted by atomic mass is 16.2. The van der Waals surface area contributed by atoms with Gasteiger partial charge in [0, 0.05) is 18.9 Å². The Hall–Kier alpha value is -2.63. The Morgan fingerprint density at radius 3 is 1.83 bits per heavy atom. The second kappa shape index (κ2) is 12.8. The summed E-state index contributed by atoms with van der Waals surface area (Å²) in [6.45, 7) is 3.24. The van der Waals surface area contributed by atoms with Crippen LogP contribution in [0, 0.1) is 0 Å². The molecule has 2 rings (SSSR count). The third-order valence-electron chi connectivity index (χ3n) is 5.07. The van der Waals surface area contributed by atoms with Crippen LogP contribution in [0.5, 0.6) is 0 Å². The van der Waals surface area contributed by atoms with E-state index in [0.29, 0.717) is 0 Å². The molecule has 4 amide bonds. The molecule has 1 saturated heterocycles. The molecular formula is C23H33N3O3. The van der Waals surface area contributed by atoms with Gasteiger partial charge in [0.15, 0.2) is 0 Å². The molecule has 158 valence electrons. The van der Waals surface area contributed by atoms with Crippen LogP contribution in [-0.4, -0.2) is 29.3 Å². The van der Waals surface area contributed by atoms with E-state index in [2.05, 4.69) is 22.5 Å². The number of carbonyl (C=O) groups excluding carboxylic acids is 3. The summed E-state index contributed by atoms with van der Waals surface area (Å²) in [5.41, 5.74) is 0.806. The van der Waals surface area contributed by atoms with Crippen molar-refractivity contribution < 1.29 is 14.4 Å². The first-order chi connectivity index (χ1) is 14.1. The maximum Gasteiger partial charge on any atom is 0.328 e. The molecule has 6 nitrogen and oxygen atoms in total. The number of hydrogen-bond acceptors (Lipinski definition) is 4. The SMILES string of the molecule is CCCCCCCCCCCCN1C=CC(=CC=C2C(=O)NC(=O)NC2=O)C=C1. The molecule has 2 aliphatic heterocycles. The monoisotopic (exact) mass is 399 g/mol. The van der Waals surface area contributed by atoms with E-state index in [0.717, 1.165) is 12.1 Å². The minimum Gasteiger partial charge on any atom is -0.354 e. The number of nitrogens with one attached hydrogen (secondary N) is 2. The lowest BCUT2D eigenvalue weighted by Crippen LogP contribution is -2.51. The number of amides is 4. The lowest BCUT2D eigenvalue weighted by Gasteiger charge is -2.18. The third kappa shape index (κ3) is 8.50. The van der Waals surface area contributed by atoms with Crippen molar-refractivity contribution in [2.45, 2.75) is 71.1 Å². The molecule has 0 saturated carbocycles. The quantitative estimate of drug-likeness (QED) is 0.288. The standard InChI is InChI=1S/C23H33N3O3/c1-2-3-4-5-6-7-8-9-10-11-16-26-17-14-19(15-18-26)12-13-20-21(27)24-23(29)25-22(20)28/h12-15,17-18H,2-11,16H2,1H3,(H2,24,25,27,28,29). The highest BCUT2D eigenvalue weighted by molar-refractivity contribution is 6.29. The van der Waals surface area contributed by atoms with Gasteiger partial charge in [0.1, 0.15) is 5.57 Å². The van der Waals surface area contributed by atoms with Crippen molar-refractivity contribution in [2.75, 3.05) is 6.54 Å². The molecular weight excluding hydrogens is 366 g/mol. The number of unbranched alkanes of at least 4 members (excludes halogenated alkanes) is 9. The molecule has 0 aromatic rings. The van der Waals surface area contributed by atoms with E-state index in [1.54, 1.807) is 6.08 Å². The molecule has 29 heavy (non-hydrogen) atoms. The van der Waals surface area contributed by atoms with E-state index in [9.17, 15) is 14.4 Å². The van der Waals surface area contributed by atoms with Crippen LogP contribution in [0.2, 0.25) is 0 Å². The van der Waals surface area contributed by atoms with E-state index in [1.807, 2.05) is 24.6 Å². The number of hydrogen-bond donors (Lipinski definition) is 2. The highest BCUT2D eigenvalue weighted by Crippen LogP contribution is 2.14. The summed E-state index contributed by atoms with van der Waals surface area (Å²) in [6, 6.07) is -0.787. The first kappa shape index (κ1) is 22.7. The topological polar surface area (TPSA) is 78.5 Å². The van der Waals surface area contributed by atoms with Gasteiger partial charge in [-0.25, -0.2) is 4.79 Å². The van der Waals surface area contributed by atoms with Gasteiger partial charge in [-0.3, -0.25) is 20.2 Å². The maximum absolute atomic E-state index is 11.7. The number of allylic oxidation sites excluding steroid dienone is 5. The molecule has 0 atom stereocenters. The molecule has 0 aromatic heterocycles. The molecule has 0 unspecified atom stereocenters. The number of nitrogens with zero attached hydrogens (tertiary/aromatic N) is 1. The van der Waals surface area contributed by atoms with E-state index < -0.39 is 17.8 Å². The van der Waals surface area contributed by atoms with Gasteiger partial charge in [-0.1, -0.05) is 70.8 Å². The van der Waals surface area contributed by atoms with Crippen LogP contribution in [-0.2, 0) is 9.59 Å². The predicted octanol–water partition coefficient (Wildman–Crippen LogP) is 4.47. The molecule has 0 bridgehead atoms. The molecule has 0 aromatic carbocycles. The van der Waals surface area contributed by atoms with Crippen molar-refractivity contribution in [2.24, 2.45) is 0 Å². The van der Waals surface area contributed by atoms with Gasteiger partial charge >= 0.3 is 6.03 Å². The Morgan fingerprint density at radius 1 is 0.759 bits per heavy atom. The van der Waals surface area contributed by atoms with Gasteiger partial charge in [-0.15, -0.1) is 0 Å². The van der Waals surface area contributed by atoms with Crippen molar-refractivity contribution in [1.29, 1.82) is 0 Å². The largest absolute Gasteiger partial charge is 0.354 e. The second-order valence-corrected chi connectivity index (χ2v) is 7.54. The summed E-state index contributed by atoms with van der Waals surface area (Å²) >= 11 is 0. The fraction of sp³-hybridized carbons (Fsp3) is 0.522. The predicted molar refractivity (Wildman–Crippen MR) is 115 cm³/mol. The first-order valence-electron chi connectivity index (χ1n) is 10.8. The van der Waals surface area contributed by atoms with E-state index in [-0.39, 0.29) is 5.57 Å². The number of imide groups is 2. The first-order valence-corrected chi connectivity index (χ1v) is 10.8. The lowest BCUT2D eigenvalue weighted by molar-refractivity contribution is -0.124. The molecule has 1 fully saturated rings. The van der Waals surface area contributed by atoms with Gasteiger partial charge in [0.25, 0.3) is 11.8 Å². The number of urea groups is 1. The summed E-state index contributed by atoms with van der Waals surface area (Å²) in [5.74, 6) is -1.36. The molecule has 0 radical (unpaired) electrons. The second-order valence-electron chi connectivity index (χ2n) is 7.54. The average Bonchev–Trinajstić information content (AvgIpc) is 2.69. The summed E-state index contributed by atoms with van der Waals surface area (Å²) < 4.78 is 0. The molecule has 2 N–H and O–H groups in total. The zero-order valence-corrected chi connectivity index (χ0v) is 17.4. The van der Waals surface area contributed by atoms with Crippen molar-refractivity contribution in [1.82, 2.24) is 15.5 Å². The number of rotatable bonds is 12. The third-order valence-corrected chi connectivity index (χ3v) is 5.07. The van der Waals surface area contributed by atoms with Crippen LogP contribution in [0.4, 0.5) is 4.79 Å². The van der Waals surface area contributed by atoms with Gasteiger partial charge < -0.3 is 4.90 Å². The van der Waals surface area contributed by atoms with Crippen molar-refractivity contribution in [3.05, 3.63) is 47.9 Å². The maximum atomic E-state index is 11.7. The van der Waals surface area contributed by atoms with Crippen LogP contribution in [0.15, 0.2) is 47.9 Å². The van der Waals surface area contributed by atoms with E-state index in [1.165, 1.54) is 70.3 Å². The Morgan fingerprint density at radius 2 is 1.28 bits per heavy atom. The Labute approximate surface area is 173 Å². The Kier molecular flexibility index (Phi) is 9.96. The number of carbonyl (C=O) groups is 3. The van der Waals surface area contributed by atoms with E-state index >= 15 is 0 Å². The van der Waals surface area contributed by atoms with Crippen LogP contribution < -0.4 is 10.6 Å². The molecule has 2 aliphatic rings. The Bertz CT molecular complexity index is 666. The van der Waals surface area contributed by atoms with Gasteiger partial charge in [-0.2, -0.15) is 0 Å². The minimum absolute atomic E-state index is 0.0771. The van der Waals surface area contributed by atoms with Gasteiger partial charge in [-0.05, 0) is 30.2 Å². The van der Waals surface area contributed by atoms with Crippen molar-refractivity contribution >= 4 is 17.8 Å². The van der Waals surface area contributed by atoms with Gasteiger partial charge in [0.2, 0.25) is 0 Å². The van der Waals surface area contributed by atoms with Crippen molar-refractivity contribution in [3.8, 4) is 0 Å². The van der Waals surface area contributed by atoms with Crippen LogP contribution in [0.3, 0.4) is 0 Å². The molecule has 2 heterocycles. The van der Waals surface area contributed by atoms with Crippen molar-refractivity contribution in [3.63, 3.8) is 0 Å². The lowest BCUT2D eigenvalue weighted by atomic mass is 10.1. The van der Waals surface area contributed by atoms with Crippen LogP contribution in [0.25, 0.3) is 0 Å². The molecule has 0 spiro atoms. The minimum atomic E-state index is -0.787. The number of barbiturate groups is 1. The van der Waals surface area contributed by atoms with Crippen LogP contribution >= 0.6 is 0 Å². The summed E-state index contributed by atoms with van der Waals surface area (Å²) in [7, 11) is 0. The summed E-state index contributed by atoms with van der Waals surface area (Å²) in [4.78, 5) is 36.5. The fourth-order valence-corrected chi connectivity index (χ4v) is 3.32. The summed E-state index contributed by atoms with van der Waals surface area (Å²) in [6.07, 6.45) is 24.3. The summed E-state index contributed by atoms with van der Waals surface area (Å²) in [5, 5.41) is 4.11. The molecule has 6 heteroatoms. The normalized spacial score (nSPS) is 16.2. The fourth-order valence-electron chi connectivity index (χ4n) is 3.32.